The highest BCUT2D eigenvalue weighted by Crippen LogP contribution is 2.15. The SMILES string of the molecule is CC(=O)[C@@H](CC(=O)OO)NC(=O)[C@H](NC(=O)OC(C)(C)C)c1ccccc1. The molecule has 0 spiro atoms. The van der Waals surface area contributed by atoms with E-state index in [4.69, 9.17) is 9.99 Å². The fourth-order valence-electron chi connectivity index (χ4n) is 2.13. The lowest BCUT2D eigenvalue weighted by molar-refractivity contribution is -0.234. The van der Waals surface area contributed by atoms with Crippen molar-refractivity contribution in [1.29, 1.82) is 0 Å². The van der Waals surface area contributed by atoms with E-state index < -0.39 is 47.9 Å². The van der Waals surface area contributed by atoms with Crippen LogP contribution in [0, 0.1) is 0 Å². The second kappa shape index (κ2) is 9.67. The first-order chi connectivity index (χ1) is 12.5. The number of benzene rings is 1. The number of nitrogens with one attached hydrogen (secondary N) is 2. The van der Waals surface area contributed by atoms with Crippen molar-refractivity contribution in [3.8, 4) is 0 Å². The number of carbonyl (C=O) groups is 4. The van der Waals surface area contributed by atoms with Gasteiger partial charge in [0.05, 0.1) is 12.5 Å². The molecular formula is C18H24N2O7. The Hall–Kier alpha value is -2.94. The summed E-state index contributed by atoms with van der Waals surface area (Å²) in [7, 11) is 0. The lowest BCUT2D eigenvalue weighted by atomic mass is 10.0. The van der Waals surface area contributed by atoms with Gasteiger partial charge in [-0.05, 0) is 33.3 Å². The molecule has 9 nitrogen and oxygen atoms in total. The van der Waals surface area contributed by atoms with Gasteiger partial charge in [-0.25, -0.2) is 9.59 Å². The van der Waals surface area contributed by atoms with Crippen LogP contribution in [0.4, 0.5) is 4.79 Å². The van der Waals surface area contributed by atoms with Crippen molar-refractivity contribution in [3.63, 3.8) is 0 Å². The highest BCUT2D eigenvalue weighted by Gasteiger charge is 2.29. The summed E-state index contributed by atoms with van der Waals surface area (Å²) in [5, 5.41) is 13.2. The van der Waals surface area contributed by atoms with Gasteiger partial charge >= 0.3 is 12.1 Å². The molecule has 0 unspecified atom stereocenters. The second-order valence-electron chi connectivity index (χ2n) is 6.83. The third kappa shape index (κ3) is 7.87. The molecule has 0 aromatic heterocycles. The fraction of sp³-hybridized carbons (Fsp3) is 0.444. The van der Waals surface area contributed by atoms with Crippen LogP contribution in [0.2, 0.25) is 0 Å². The second-order valence-corrected chi connectivity index (χ2v) is 6.83. The molecule has 2 atom stereocenters. The number of rotatable bonds is 7. The monoisotopic (exact) mass is 380 g/mol. The third-order valence-electron chi connectivity index (χ3n) is 3.34. The van der Waals surface area contributed by atoms with Gasteiger partial charge in [0.25, 0.3) is 0 Å². The van der Waals surface area contributed by atoms with Gasteiger partial charge in [0, 0.05) is 0 Å². The average Bonchev–Trinajstić information content (AvgIpc) is 2.57. The van der Waals surface area contributed by atoms with E-state index in [0.717, 1.165) is 0 Å². The summed E-state index contributed by atoms with van der Waals surface area (Å²) in [6.07, 6.45) is -1.37. The summed E-state index contributed by atoms with van der Waals surface area (Å²) in [4.78, 5) is 51.2. The molecule has 0 radical (unpaired) electrons. The Morgan fingerprint density at radius 2 is 1.67 bits per heavy atom. The van der Waals surface area contributed by atoms with Gasteiger partial charge in [0.15, 0.2) is 5.78 Å². The van der Waals surface area contributed by atoms with Crippen LogP contribution in [0.3, 0.4) is 0 Å². The van der Waals surface area contributed by atoms with Gasteiger partial charge in [-0.15, -0.1) is 0 Å². The summed E-state index contributed by atoms with van der Waals surface area (Å²) >= 11 is 0. The molecule has 9 heteroatoms. The quantitative estimate of drug-likeness (QED) is 0.485. The first kappa shape index (κ1) is 22.1. The van der Waals surface area contributed by atoms with Gasteiger partial charge in [0.1, 0.15) is 11.6 Å². The number of hydrogen-bond acceptors (Lipinski definition) is 7. The lowest BCUT2D eigenvalue weighted by Gasteiger charge is -2.24. The van der Waals surface area contributed by atoms with E-state index in [-0.39, 0.29) is 0 Å². The van der Waals surface area contributed by atoms with Gasteiger partial charge in [-0.3, -0.25) is 9.59 Å². The number of alkyl carbamates (subject to hydrolysis) is 1. The predicted molar refractivity (Wildman–Crippen MR) is 94.5 cm³/mol. The smallest absolute Gasteiger partial charge is 0.408 e. The zero-order valence-electron chi connectivity index (χ0n) is 15.6. The number of ketones is 1. The van der Waals surface area contributed by atoms with Gasteiger partial charge in [0.2, 0.25) is 5.91 Å². The highest BCUT2D eigenvalue weighted by atomic mass is 17.1. The summed E-state index contributed by atoms with van der Waals surface area (Å²) < 4.78 is 5.17. The van der Waals surface area contributed by atoms with E-state index in [2.05, 4.69) is 15.5 Å². The van der Waals surface area contributed by atoms with Crippen LogP contribution in [-0.2, 0) is 24.0 Å². The van der Waals surface area contributed by atoms with E-state index in [0.29, 0.717) is 5.56 Å². The van der Waals surface area contributed by atoms with E-state index in [1.807, 2.05) is 0 Å². The van der Waals surface area contributed by atoms with Crippen molar-refractivity contribution in [2.75, 3.05) is 0 Å². The fourth-order valence-corrected chi connectivity index (χ4v) is 2.13. The van der Waals surface area contributed by atoms with Crippen LogP contribution >= 0.6 is 0 Å². The normalized spacial score (nSPS) is 13.1. The molecule has 0 heterocycles. The van der Waals surface area contributed by atoms with Gasteiger partial charge in [-0.2, -0.15) is 5.26 Å². The summed E-state index contributed by atoms with van der Waals surface area (Å²) in [5.41, 5.74) is -0.317. The minimum absolute atomic E-state index is 0.452. The minimum Gasteiger partial charge on any atom is -0.444 e. The standard InChI is InChI=1S/C18H24N2O7/c1-11(21)13(10-14(22)27-25)19-16(23)15(12-8-6-5-7-9-12)20-17(24)26-18(2,3)4/h5-9,13,15,25H,10H2,1-4H3,(H,19,23)(H,20,24)/t13-,15-/m1/s1. The Labute approximate surface area is 157 Å². The molecular weight excluding hydrogens is 356 g/mol. The van der Waals surface area contributed by atoms with Crippen LogP contribution in [-0.4, -0.2) is 40.7 Å². The molecule has 0 aliphatic carbocycles. The first-order valence-electron chi connectivity index (χ1n) is 8.23. The molecule has 148 valence electrons. The molecule has 1 aromatic rings. The first-order valence-corrected chi connectivity index (χ1v) is 8.23. The minimum atomic E-state index is -1.22. The highest BCUT2D eigenvalue weighted by molar-refractivity contribution is 5.93. The molecule has 0 saturated carbocycles. The van der Waals surface area contributed by atoms with Crippen LogP contribution < -0.4 is 10.6 Å². The average molecular weight is 380 g/mol. The summed E-state index contributed by atoms with van der Waals surface area (Å²) in [5.74, 6) is -2.32. The van der Waals surface area contributed by atoms with Crippen LogP contribution in [0.1, 0.15) is 45.7 Å². The van der Waals surface area contributed by atoms with E-state index in [1.165, 1.54) is 6.92 Å². The predicted octanol–water partition coefficient (Wildman–Crippen LogP) is 1.73. The number of amides is 2. The Kier molecular flexibility index (Phi) is 7.92. The van der Waals surface area contributed by atoms with Crippen molar-refractivity contribution in [3.05, 3.63) is 35.9 Å². The molecule has 2 amide bonds. The summed E-state index contributed by atoms with van der Waals surface area (Å²) in [6, 6.07) is 5.95. The number of hydrogen-bond donors (Lipinski definition) is 3. The molecule has 27 heavy (non-hydrogen) atoms. The summed E-state index contributed by atoms with van der Waals surface area (Å²) in [6.45, 7) is 6.21. The van der Waals surface area contributed by atoms with Crippen molar-refractivity contribution in [2.45, 2.75) is 51.8 Å². The number of carbonyl (C=O) groups excluding carboxylic acids is 4. The zero-order chi connectivity index (χ0) is 20.6. The van der Waals surface area contributed by atoms with Crippen molar-refractivity contribution in [1.82, 2.24) is 10.6 Å². The van der Waals surface area contributed by atoms with E-state index in [9.17, 15) is 19.2 Å². The lowest BCUT2D eigenvalue weighted by Crippen LogP contribution is -2.48. The van der Waals surface area contributed by atoms with Crippen molar-refractivity contribution >= 4 is 23.8 Å². The zero-order valence-corrected chi connectivity index (χ0v) is 15.6. The Balaban J connectivity index is 3.00. The largest absolute Gasteiger partial charge is 0.444 e. The third-order valence-corrected chi connectivity index (χ3v) is 3.34. The van der Waals surface area contributed by atoms with Crippen LogP contribution in [0.15, 0.2) is 30.3 Å². The van der Waals surface area contributed by atoms with Gasteiger partial charge < -0.3 is 20.3 Å². The maximum Gasteiger partial charge on any atom is 0.408 e. The molecule has 0 aliphatic heterocycles. The van der Waals surface area contributed by atoms with Crippen LogP contribution in [0.25, 0.3) is 0 Å². The number of ether oxygens (including phenoxy) is 1. The molecule has 0 aliphatic rings. The van der Waals surface area contributed by atoms with Crippen LogP contribution in [0.5, 0.6) is 0 Å². The van der Waals surface area contributed by atoms with Gasteiger partial charge in [-0.1, -0.05) is 30.3 Å². The molecule has 1 aromatic carbocycles. The Morgan fingerprint density at radius 3 is 2.15 bits per heavy atom. The number of Topliss-reactive ketones (excluding diaryl/α,β-unsaturated/α-hetero) is 1. The molecule has 1 rings (SSSR count). The molecule has 0 fully saturated rings. The van der Waals surface area contributed by atoms with Crippen molar-refractivity contribution < 1.29 is 34.1 Å². The topological polar surface area (TPSA) is 131 Å². The van der Waals surface area contributed by atoms with E-state index in [1.54, 1.807) is 51.1 Å². The van der Waals surface area contributed by atoms with Crippen molar-refractivity contribution in [2.24, 2.45) is 0 Å². The van der Waals surface area contributed by atoms with E-state index >= 15 is 0 Å². The molecule has 0 saturated heterocycles. The maximum atomic E-state index is 12.7. The Bertz CT molecular complexity index is 683. The Morgan fingerprint density at radius 1 is 1.07 bits per heavy atom. The maximum absolute atomic E-state index is 12.7. The molecule has 3 N–H and O–H groups in total. The molecule has 0 bridgehead atoms.